The number of anilines is 1. The highest BCUT2D eigenvalue weighted by molar-refractivity contribution is 6.30. The van der Waals surface area contributed by atoms with Crippen molar-refractivity contribution in [3.8, 4) is 11.3 Å². The van der Waals surface area contributed by atoms with Gasteiger partial charge in [-0.05, 0) is 29.3 Å². The van der Waals surface area contributed by atoms with E-state index in [0.717, 1.165) is 11.1 Å². The van der Waals surface area contributed by atoms with Crippen molar-refractivity contribution in [1.82, 2.24) is 15.0 Å². The minimum atomic E-state index is -0.692. The van der Waals surface area contributed by atoms with E-state index in [0.29, 0.717) is 22.0 Å². The average Bonchev–Trinajstić information content (AvgIpc) is 3.19. The van der Waals surface area contributed by atoms with Gasteiger partial charge in [0, 0.05) is 16.3 Å². The predicted molar refractivity (Wildman–Crippen MR) is 107 cm³/mol. The van der Waals surface area contributed by atoms with Crippen molar-refractivity contribution in [2.45, 2.75) is 5.92 Å². The Balaban J connectivity index is 1.88. The van der Waals surface area contributed by atoms with Crippen molar-refractivity contribution in [2.75, 3.05) is 5.32 Å². The summed E-state index contributed by atoms with van der Waals surface area (Å²) in [7, 11) is 0. The Morgan fingerprint density at radius 2 is 1.61 bits per heavy atom. The third-order valence-electron chi connectivity index (χ3n) is 4.94. The van der Waals surface area contributed by atoms with E-state index in [1.54, 1.807) is 24.3 Å². The zero-order valence-corrected chi connectivity index (χ0v) is 15.1. The van der Waals surface area contributed by atoms with Crippen LogP contribution in [-0.2, 0) is 4.79 Å². The molecule has 0 aliphatic carbocycles. The first-order valence-electron chi connectivity index (χ1n) is 8.57. The summed E-state index contributed by atoms with van der Waals surface area (Å²) in [5.74, 6) is -0.925. The van der Waals surface area contributed by atoms with Crippen LogP contribution in [0.1, 0.15) is 17.0 Å². The fourth-order valence-electron chi connectivity index (χ4n) is 3.78. The number of H-pyrrole nitrogens is 3. The van der Waals surface area contributed by atoms with E-state index < -0.39 is 17.2 Å². The molecule has 8 heteroatoms. The van der Waals surface area contributed by atoms with E-state index in [1.807, 2.05) is 24.3 Å². The molecule has 28 heavy (non-hydrogen) atoms. The number of aromatic amines is 3. The second-order valence-electron chi connectivity index (χ2n) is 6.59. The van der Waals surface area contributed by atoms with Crippen LogP contribution in [-0.4, -0.2) is 20.9 Å². The van der Waals surface area contributed by atoms with E-state index >= 15 is 0 Å². The molecule has 0 radical (unpaired) electrons. The van der Waals surface area contributed by atoms with Gasteiger partial charge in [0.25, 0.3) is 5.56 Å². The molecule has 0 fully saturated rings. The standard InChI is InChI=1S/C20H13ClN4O3/c21-10-7-5-9(6-8-10)16-14(15-17(23-16)24-20(28)25-19(15)27)13-11-3-1-2-4-12(11)22-18(13)26/h1-8,13H,(H,22,26)(H3,23,24,25,27,28)/t13-/m1/s1. The molecule has 2 aromatic carbocycles. The van der Waals surface area contributed by atoms with Crippen LogP contribution in [0.25, 0.3) is 22.3 Å². The Kier molecular flexibility index (Phi) is 3.53. The highest BCUT2D eigenvalue weighted by Gasteiger charge is 2.36. The fourth-order valence-corrected chi connectivity index (χ4v) is 3.91. The summed E-state index contributed by atoms with van der Waals surface area (Å²) in [6.07, 6.45) is 0. The lowest BCUT2D eigenvalue weighted by Gasteiger charge is -2.11. The van der Waals surface area contributed by atoms with Gasteiger partial charge in [0.1, 0.15) is 5.65 Å². The maximum absolute atomic E-state index is 12.9. The van der Waals surface area contributed by atoms with Gasteiger partial charge in [-0.15, -0.1) is 0 Å². The Bertz CT molecular complexity index is 1360. The quantitative estimate of drug-likeness (QED) is 0.421. The van der Waals surface area contributed by atoms with Gasteiger partial charge >= 0.3 is 5.69 Å². The Morgan fingerprint density at radius 1 is 0.857 bits per heavy atom. The molecule has 7 nitrogen and oxygen atoms in total. The molecule has 0 bridgehead atoms. The van der Waals surface area contributed by atoms with E-state index in [2.05, 4.69) is 20.3 Å². The van der Waals surface area contributed by atoms with Gasteiger partial charge in [-0.25, -0.2) is 4.79 Å². The van der Waals surface area contributed by atoms with Crippen LogP contribution in [0.3, 0.4) is 0 Å². The van der Waals surface area contributed by atoms with Crippen LogP contribution >= 0.6 is 11.6 Å². The molecular weight excluding hydrogens is 380 g/mol. The third-order valence-corrected chi connectivity index (χ3v) is 5.20. The van der Waals surface area contributed by atoms with Gasteiger partial charge in [0.05, 0.1) is 17.0 Å². The molecule has 0 spiro atoms. The number of amides is 1. The summed E-state index contributed by atoms with van der Waals surface area (Å²) in [6.45, 7) is 0. The maximum atomic E-state index is 12.9. The molecule has 5 rings (SSSR count). The summed E-state index contributed by atoms with van der Waals surface area (Å²) >= 11 is 6.00. The summed E-state index contributed by atoms with van der Waals surface area (Å²) in [4.78, 5) is 45.2. The SMILES string of the molecule is O=C1Nc2ccccc2[C@@H]1c1c(-c2ccc(Cl)cc2)[nH]c2[nH]c(=O)[nH]c(=O)c12. The highest BCUT2D eigenvalue weighted by atomic mass is 35.5. The molecule has 3 heterocycles. The lowest BCUT2D eigenvalue weighted by atomic mass is 9.89. The van der Waals surface area contributed by atoms with Gasteiger partial charge in [-0.2, -0.15) is 0 Å². The Labute approximate surface area is 162 Å². The third kappa shape index (κ3) is 2.40. The van der Waals surface area contributed by atoms with Crippen molar-refractivity contribution in [3.63, 3.8) is 0 Å². The number of para-hydroxylation sites is 1. The summed E-state index contributed by atoms with van der Waals surface area (Å²) < 4.78 is 0. The number of carbonyl (C=O) groups excluding carboxylic acids is 1. The van der Waals surface area contributed by atoms with Gasteiger partial charge in [-0.3, -0.25) is 19.6 Å². The van der Waals surface area contributed by atoms with Crippen LogP contribution in [0, 0.1) is 0 Å². The zero-order chi connectivity index (χ0) is 19.4. The number of nitrogens with one attached hydrogen (secondary N) is 4. The molecule has 4 N–H and O–H groups in total. The number of halogens is 1. The number of benzene rings is 2. The smallest absolute Gasteiger partial charge is 0.327 e. The van der Waals surface area contributed by atoms with Gasteiger partial charge in [-0.1, -0.05) is 41.9 Å². The molecule has 4 aromatic rings. The number of hydrogen-bond acceptors (Lipinski definition) is 3. The second kappa shape index (κ2) is 5.97. The highest BCUT2D eigenvalue weighted by Crippen LogP contribution is 2.43. The number of rotatable bonds is 2. The monoisotopic (exact) mass is 392 g/mol. The minimum absolute atomic E-state index is 0.233. The molecule has 0 unspecified atom stereocenters. The molecule has 138 valence electrons. The molecule has 1 aliphatic rings. The lowest BCUT2D eigenvalue weighted by molar-refractivity contribution is -0.116. The van der Waals surface area contributed by atoms with Gasteiger partial charge < -0.3 is 10.3 Å². The first-order valence-corrected chi connectivity index (χ1v) is 8.94. The summed E-state index contributed by atoms with van der Waals surface area (Å²) in [5, 5.41) is 3.68. The van der Waals surface area contributed by atoms with E-state index in [1.165, 1.54) is 0 Å². The van der Waals surface area contributed by atoms with E-state index in [4.69, 9.17) is 11.6 Å². The number of fused-ring (bicyclic) bond motifs is 2. The van der Waals surface area contributed by atoms with Crippen molar-refractivity contribution in [2.24, 2.45) is 0 Å². The molecular formula is C20H13ClN4O3. The van der Waals surface area contributed by atoms with Crippen molar-refractivity contribution in [1.29, 1.82) is 0 Å². The topological polar surface area (TPSA) is 111 Å². The molecule has 1 amide bonds. The van der Waals surface area contributed by atoms with Gasteiger partial charge in [0.2, 0.25) is 5.91 Å². The second-order valence-corrected chi connectivity index (χ2v) is 7.02. The van der Waals surface area contributed by atoms with Crippen LogP contribution in [0.4, 0.5) is 5.69 Å². The minimum Gasteiger partial charge on any atom is -0.340 e. The lowest BCUT2D eigenvalue weighted by Crippen LogP contribution is -2.23. The first-order chi connectivity index (χ1) is 13.5. The molecule has 2 aromatic heterocycles. The van der Waals surface area contributed by atoms with Crippen LogP contribution in [0.5, 0.6) is 0 Å². The number of carbonyl (C=O) groups is 1. The number of aromatic nitrogens is 3. The first kappa shape index (κ1) is 16.6. The Morgan fingerprint density at radius 3 is 2.39 bits per heavy atom. The largest absolute Gasteiger partial charge is 0.340 e. The molecule has 0 saturated heterocycles. The Hall–Kier alpha value is -3.58. The molecule has 0 saturated carbocycles. The molecule has 1 atom stereocenters. The zero-order valence-electron chi connectivity index (χ0n) is 14.3. The normalized spacial score (nSPS) is 15.6. The number of hydrogen-bond donors (Lipinski definition) is 4. The molecule has 1 aliphatic heterocycles. The summed E-state index contributed by atoms with van der Waals surface area (Å²) in [6, 6.07) is 14.4. The predicted octanol–water partition coefficient (Wildman–Crippen LogP) is 2.95. The van der Waals surface area contributed by atoms with Crippen molar-refractivity contribution < 1.29 is 4.79 Å². The van der Waals surface area contributed by atoms with Crippen molar-refractivity contribution in [3.05, 3.63) is 85.5 Å². The van der Waals surface area contributed by atoms with E-state index in [9.17, 15) is 14.4 Å². The van der Waals surface area contributed by atoms with Crippen LogP contribution < -0.4 is 16.6 Å². The maximum Gasteiger partial charge on any atom is 0.327 e. The van der Waals surface area contributed by atoms with Crippen LogP contribution in [0.15, 0.2) is 58.1 Å². The van der Waals surface area contributed by atoms with Gasteiger partial charge in [0.15, 0.2) is 0 Å². The fraction of sp³-hybridized carbons (Fsp3) is 0.0500. The average molecular weight is 393 g/mol. The van der Waals surface area contributed by atoms with Crippen LogP contribution in [0.2, 0.25) is 5.02 Å². The van der Waals surface area contributed by atoms with E-state index in [-0.39, 0.29) is 16.9 Å². The van der Waals surface area contributed by atoms with Crippen molar-refractivity contribution >= 4 is 34.2 Å². The summed E-state index contributed by atoms with van der Waals surface area (Å²) in [5.41, 5.74) is 2.41.